The van der Waals surface area contributed by atoms with E-state index in [1.54, 1.807) is 6.08 Å². The highest BCUT2D eigenvalue weighted by atomic mass is 32.2. The Hall–Kier alpha value is -2.22. The number of unbranched alkanes of at least 4 members (excludes halogenated alkanes) is 22. The predicted octanol–water partition coefficient (Wildman–Crippen LogP) is 13.8. The van der Waals surface area contributed by atoms with Crippen molar-refractivity contribution in [2.75, 3.05) is 5.75 Å². The summed E-state index contributed by atoms with van der Waals surface area (Å²) in [4.78, 5) is 12.5. The highest BCUT2D eigenvalue weighted by Crippen LogP contribution is 2.12. The molecule has 0 aromatic heterocycles. The summed E-state index contributed by atoms with van der Waals surface area (Å²) in [5.74, 6) is -1.03. The van der Waals surface area contributed by atoms with Gasteiger partial charge in [0.15, 0.2) is 0 Å². The topological polar surface area (TPSA) is 104 Å². The first-order chi connectivity index (χ1) is 26.8. The van der Waals surface area contributed by atoms with E-state index in [4.69, 9.17) is 0 Å². The third-order valence-corrected chi connectivity index (χ3v) is 10.6. The molecule has 55 heavy (non-hydrogen) atoms. The van der Waals surface area contributed by atoms with Crippen molar-refractivity contribution in [2.45, 2.75) is 219 Å². The summed E-state index contributed by atoms with van der Waals surface area (Å²) in [7, 11) is -4.37. The van der Waals surface area contributed by atoms with E-state index in [2.05, 4.69) is 79.9 Å². The van der Waals surface area contributed by atoms with Gasteiger partial charge in [0.1, 0.15) is 0 Å². The van der Waals surface area contributed by atoms with E-state index in [-0.39, 0.29) is 12.3 Å². The van der Waals surface area contributed by atoms with Crippen LogP contribution in [0.1, 0.15) is 206 Å². The SMILES string of the molecule is CCCCCCC/C=C\C/C=C\C/C=C\CCCCCCCCC(=O)NC(CS(=O)(=O)O)C(O)/C=C/CC/C=C/CC/C=C/CCCCCCCCCCC. The lowest BCUT2D eigenvalue weighted by Crippen LogP contribution is -2.46. The Kier molecular flexibility index (Phi) is 39.7. The lowest BCUT2D eigenvalue weighted by molar-refractivity contribution is -0.122. The van der Waals surface area contributed by atoms with Gasteiger partial charge < -0.3 is 10.4 Å². The highest BCUT2D eigenvalue weighted by molar-refractivity contribution is 7.85. The van der Waals surface area contributed by atoms with E-state index in [1.165, 1.54) is 109 Å². The standard InChI is InChI=1S/C48H85NO5S/c1-3-5-7-9-11-13-15-17-19-21-23-24-26-28-30-32-34-36-38-40-42-44-48(51)49-46(45-55(52,53)54)47(50)43-41-39-37-35-33-31-29-27-25-22-20-18-16-14-12-10-8-6-4-2/h15,17,21,23,25-28,33,35,41,43,46-47,50H,3-14,16,18-20,22,24,29-32,34,36-40,42,44-45H2,1-2H3,(H,49,51)(H,52,53,54)/b17-15-,23-21-,27-25+,28-26-,35-33+,43-41+. The monoisotopic (exact) mass is 788 g/mol. The second kappa shape index (κ2) is 41.4. The molecule has 0 saturated carbocycles. The number of carbonyl (C=O) groups excluding carboxylic acids is 1. The molecule has 2 unspecified atom stereocenters. The van der Waals surface area contributed by atoms with Crippen molar-refractivity contribution < 1.29 is 22.9 Å². The molecule has 1 amide bonds. The van der Waals surface area contributed by atoms with Crippen LogP contribution in [0.3, 0.4) is 0 Å². The molecule has 0 heterocycles. The van der Waals surface area contributed by atoms with E-state index < -0.39 is 28.0 Å². The molecule has 318 valence electrons. The quantitative estimate of drug-likeness (QED) is 0.0326. The summed E-state index contributed by atoms with van der Waals surface area (Å²) < 4.78 is 32.6. The van der Waals surface area contributed by atoms with Crippen LogP contribution >= 0.6 is 0 Å². The molecule has 0 saturated heterocycles. The van der Waals surface area contributed by atoms with Crippen molar-refractivity contribution in [1.29, 1.82) is 0 Å². The largest absolute Gasteiger partial charge is 0.387 e. The van der Waals surface area contributed by atoms with E-state index in [1.807, 2.05) is 0 Å². The van der Waals surface area contributed by atoms with Gasteiger partial charge in [-0.25, -0.2) is 0 Å². The van der Waals surface area contributed by atoms with Gasteiger partial charge in [-0.3, -0.25) is 9.35 Å². The van der Waals surface area contributed by atoms with Gasteiger partial charge in [-0.2, -0.15) is 8.42 Å². The number of allylic oxidation sites excluding steroid dienone is 11. The van der Waals surface area contributed by atoms with Crippen LogP contribution in [0.25, 0.3) is 0 Å². The molecule has 0 radical (unpaired) electrons. The zero-order valence-electron chi connectivity index (χ0n) is 35.5. The van der Waals surface area contributed by atoms with E-state index in [9.17, 15) is 22.9 Å². The second-order valence-electron chi connectivity index (χ2n) is 15.3. The predicted molar refractivity (Wildman–Crippen MR) is 239 cm³/mol. The summed E-state index contributed by atoms with van der Waals surface area (Å²) >= 11 is 0. The summed E-state index contributed by atoms with van der Waals surface area (Å²) in [6.45, 7) is 4.52. The fourth-order valence-electron chi connectivity index (χ4n) is 6.43. The molecule has 0 spiro atoms. The Morgan fingerprint density at radius 3 is 1.27 bits per heavy atom. The Bertz CT molecular complexity index is 1140. The van der Waals surface area contributed by atoms with Gasteiger partial charge in [-0.1, -0.05) is 189 Å². The van der Waals surface area contributed by atoms with Gasteiger partial charge in [-0.15, -0.1) is 0 Å². The second-order valence-corrected chi connectivity index (χ2v) is 16.8. The first-order valence-electron chi connectivity index (χ1n) is 22.6. The molecular formula is C48H85NO5S. The molecule has 2 atom stereocenters. The Labute approximate surface area is 340 Å². The fraction of sp³-hybridized carbons (Fsp3) is 0.729. The number of aliphatic hydroxyl groups is 1. The van der Waals surface area contributed by atoms with Crippen molar-refractivity contribution in [3.8, 4) is 0 Å². The fourth-order valence-corrected chi connectivity index (χ4v) is 7.16. The smallest absolute Gasteiger partial charge is 0.267 e. The summed E-state index contributed by atoms with van der Waals surface area (Å²) in [5, 5.41) is 13.2. The van der Waals surface area contributed by atoms with Crippen molar-refractivity contribution in [1.82, 2.24) is 5.32 Å². The van der Waals surface area contributed by atoms with E-state index in [0.717, 1.165) is 70.6 Å². The minimum absolute atomic E-state index is 0.267. The molecule has 0 rings (SSSR count). The number of amides is 1. The van der Waals surface area contributed by atoms with Crippen LogP contribution in [0, 0.1) is 0 Å². The molecule has 0 bridgehead atoms. The number of hydrogen-bond donors (Lipinski definition) is 3. The van der Waals surface area contributed by atoms with E-state index >= 15 is 0 Å². The maximum absolute atomic E-state index is 12.5. The number of nitrogens with one attached hydrogen (secondary N) is 1. The molecule has 0 aliphatic heterocycles. The zero-order chi connectivity index (χ0) is 40.3. The molecule has 0 aliphatic rings. The number of carbonyl (C=O) groups is 1. The summed E-state index contributed by atoms with van der Waals surface area (Å²) in [5.41, 5.74) is 0. The zero-order valence-corrected chi connectivity index (χ0v) is 36.3. The van der Waals surface area contributed by atoms with E-state index in [0.29, 0.717) is 12.8 Å². The number of aliphatic hydroxyl groups excluding tert-OH is 1. The van der Waals surface area contributed by atoms with Crippen LogP contribution in [-0.4, -0.2) is 41.9 Å². The van der Waals surface area contributed by atoms with Gasteiger partial charge in [0.2, 0.25) is 5.91 Å². The van der Waals surface area contributed by atoms with Gasteiger partial charge in [-0.05, 0) is 83.5 Å². The molecule has 7 heteroatoms. The lowest BCUT2D eigenvalue weighted by atomic mass is 10.1. The highest BCUT2D eigenvalue weighted by Gasteiger charge is 2.24. The van der Waals surface area contributed by atoms with Crippen LogP contribution in [-0.2, 0) is 14.9 Å². The average Bonchev–Trinajstić information content (AvgIpc) is 3.15. The van der Waals surface area contributed by atoms with Crippen LogP contribution in [0.2, 0.25) is 0 Å². The first-order valence-corrected chi connectivity index (χ1v) is 24.2. The Morgan fingerprint density at radius 2 is 0.836 bits per heavy atom. The van der Waals surface area contributed by atoms with Crippen LogP contribution in [0.15, 0.2) is 72.9 Å². The molecule has 3 N–H and O–H groups in total. The Morgan fingerprint density at radius 1 is 0.491 bits per heavy atom. The normalized spacial score (nSPS) is 13.9. The van der Waals surface area contributed by atoms with Gasteiger partial charge in [0.05, 0.1) is 17.9 Å². The summed E-state index contributed by atoms with van der Waals surface area (Å²) in [6, 6.07) is -1.09. The van der Waals surface area contributed by atoms with Crippen LogP contribution in [0.5, 0.6) is 0 Å². The molecular weight excluding hydrogens is 703 g/mol. The number of rotatable bonds is 40. The minimum Gasteiger partial charge on any atom is -0.387 e. The molecule has 0 aromatic rings. The molecule has 6 nitrogen and oxygen atoms in total. The Balaban J connectivity index is 4.00. The molecule has 0 aromatic carbocycles. The van der Waals surface area contributed by atoms with Crippen molar-refractivity contribution in [3.05, 3.63) is 72.9 Å². The number of hydrogen-bond acceptors (Lipinski definition) is 4. The van der Waals surface area contributed by atoms with Gasteiger partial charge >= 0.3 is 0 Å². The third kappa shape index (κ3) is 42.8. The van der Waals surface area contributed by atoms with Gasteiger partial charge in [0, 0.05) is 6.42 Å². The summed E-state index contributed by atoms with van der Waals surface area (Å²) in [6.07, 6.45) is 58.9. The third-order valence-electron chi connectivity index (χ3n) is 9.83. The maximum Gasteiger partial charge on any atom is 0.267 e. The molecule has 0 aliphatic carbocycles. The molecule has 0 fully saturated rings. The van der Waals surface area contributed by atoms with Crippen molar-refractivity contribution >= 4 is 16.0 Å². The van der Waals surface area contributed by atoms with Crippen molar-refractivity contribution in [2.24, 2.45) is 0 Å². The minimum atomic E-state index is -4.37. The van der Waals surface area contributed by atoms with Crippen LogP contribution < -0.4 is 5.32 Å². The first kappa shape index (κ1) is 52.8. The van der Waals surface area contributed by atoms with Crippen LogP contribution in [0.4, 0.5) is 0 Å². The lowest BCUT2D eigenvalue weighted by Gasteiger charge is -2.21. The van der Waals surface area contributed by atoms with Gasteiger partial charge in [0.25, 0.3) is 10.1 Å². The maximum atomic E-state index is 12.5. The average molecular weight is 788 g/mol. The van der Waals surface area contributed by atoms with Crippen molar-refractivity contribution in [3.63, 3.8) is 0 Å².